The number of aliphatic hydroxyl groups excluding tert-OH is 1. The van der Waals surface area contributed by atoms with Crippen LogP contribution in [0.15, 0.2) is 35.7 Å². The van der Waals surface area contributed by atoms with Crippen molar-refractivity contribution >= 4 is 22.9 Å². The van der Waals surface area contributed by atoms with Crippen LogP contribution in [-0.4, -0.2) is 11.7 Å². The molecule has 4 heteroatoms. The molecule has 0 aliphatic carbocycles. The molecule has 0 aliphatic rings. The molecule has 0 spiro atoms. The predicted molar refractivity (Wildman–Crippen MR) is 78.2 cm³/mol. The maximum absolute atomic E-state index is 8.69. The quantitative estimate of drug-likeness (QED) is 0.875. The second kappa shape index (κ2) is 7.32. The van der Waals surface area contributed by atoms with Gasteiger partial charge in [0.05, 0.1) is 13.2 Å². The zero-order chi connectivity index (χ0) is 13.5. The minimum Gasteiger partial charge on any atom is -0.384 e. The number of hydrogen-bond acceptors (Lipinski definition) is 3. The Morgan fingerprint density at radius 3 is 2.95 bits per heavy atom. The number of rotatable bonds is 4. The third kappa shape index (κ3) is 4.38. The molecular weight excluding hydrogens is 280 g/mol. The van der Waals surface area contributed by atoms with Gasteiger partial charge in [0.1, 0.15) is 6.61 Å². The number of hydrogen-bond donors (Lipinski definition) is 1. The second-order valence-electron chi connectivity index (χ2n) is 3.84. The molecule has 0 saturated carbocycles. The lowest BCUT2D eigenvalue weighted by Gasteiger charge is -2.04. The standard InChI is InChI=1S/C15H13ClO2S/c16-14-5-1-3-12(9-14)10-18-11-15-13(4-2-7-17)6-8-19-15/h1,3,5-6,8-9,17H,7,10-11H2. The lowest BCUT2D eigenvalue weighted by atomic mass is 10.2. The smallest absolute Gasteiger partial charge is 0.104 e. The van der Waals surface area contributed by atoms with Crippen molar-refractivity contribution in [3.05, 3.63) is 56.7 Å². The zero-order valence-corrected chi connectivity index (χ0v) is 11.8. The summed E-state index contributed by atoms with van der Waals surface area (Å²) >= 11 is 7.51. The number of aliphatic hydroxyl groups is 1. The number of ether oxygens (including phenoxy) is 1. The predicted octanol–water partition coefficient (Wildman–Crippen LogP) is 3.46. The van der Waals surface area contributed by atoms with E-state index in [0.29, 0.717) is 18.2 Å². The van der Waals surface area contributed by atoms with Crippen molar-refractivity contribution in [3.8, 4) is 11.8 Å². The molecule has 0 bridgehead atoms. The summed E-state index contributed by atoms with van der Waals surface area (Å²) in [5.74, 6) is 5.56. The van der Waals surface area contributed by atoms with Crippen molar-refractivity contribution in [1.29, 1.82) is 0 Å². The molecule has 19 heavy (non-hydrogen) atoms. The highest BCUT2D eigenvalue weighted by Gasteiger charge is 2.02. The van der Waals surface area contributed by atoms with Gasteiger partial charge in [-0.3, -0.25) is 0 Å². The van der Waals surface area contributed by atoms with E-state index in [0.717, 1.165) is 16.0 Å². The van der Waals surface area contributed by atoms with Gasteiger partial charge >= 0.3 is 0 Å². The zero-order valence-electron chi connectivity index (χ0n) is 10.2. The minimum absolute atomic E-state index is 0.126. The SMILES string of the molecule is OCC#Cc1ccsc1COCc1cccc(Cl)c1. The third-order valence-corrected chi connectivity index (χ3v) is 3.57. The van der Waals surface area contributed by atoms with E-state index in [2.05, 4.69) is 11.8 Å². The van der Waals surface area contributed by atoms with Gasteiger partial charge in [-0.2, -0.15) is 0 Å². The van der Waals surface area contributed by atoms with E-state index in [1.807, 2.05) is 35.7 Å². The molecule has 2 rings (SSSR count). The van der Waals surface area contributed by atoms with Crippen molar-refractivity contribution in [2.45, 2.75) is 13.2 Å². The summed E-state index contributed by atoms with van der Waals surface area (Å²) in [6.07, 6.45) is 0. The molecule has 1 heterocycles. The molecule has 1 N–H and O–H groups in total. The lowest BCUT2D eigenvalue weighted by Crippen LogP contribution is -1.94. The largest absolute Gasteiger partial charge is 0.384 e. The highest BCUT2D eigenvalue weighted by molar-refractivity contribution is 7.10. The van der Waals surface area contributed by atoms with Crippen LogP contribution in [0.2, 0.25) is 5.02 Å². The van der Waals surface area contributed by atoms with Crippen molar-refractivity contribution in [2.75, 3.05) is 6.61 Å². The molecular formula is C15H13ClO2S. The molecule has 1 aromatic carbocycles. The van der Waals surface area contributed by atoms with Crippen LogP contribution in [-0.2, 0) is 18.0 Å². The van der Waals surface area contributed by atoms with Crippen LogP contribution >= 0.6 is 22.9 Å². The first-order chi connectivity index (χ1) is 9.29. The van der Waals surface area contributed by atoms with Crippen LogP contribution in [0.25, 0.3) is 0 Å². The second-order valence-corrected chi connectivity index (χ2v) is 5.28. The van der Waals surface area contributed by atoms with Gasteiger partial charge in [0, 0.05) is 15.5 Å². The normalized spacial score (nSPS) is 10.0. The Kier molecular flexibility index (Phi) is 5.44. The average molecular weight is 293 g/mol. The van der Waals surface area contributed by atoms with Crippen LogP contribution in [0.5, 0.6) is 0 Å². The first-order valence-corrected chi connectivity index (χ1v) is 7.03. The molecule has 0 radical (unpaired) electrons. The Hall–Kier alpha value is -1.31. The average Bonchev–Trinajstić information content (AvgIpc) is 2.84. The molecule has 0 fully saturated rings. The summed E-state index contributed by atoms with van der Waals surface area (Å²) in [4.78, 5) is 1.07. The third-order valence-electron chi connectivity index (χ3n) is 2.44. The van der Waals surface area contributed by atoms with E-state index in [9.17, 15) is 0 Å². The molecule has 0 aliphatic heterocycles. The van der Waals surface area contributed by atoms with E-state index in [1.165, 1.54) is 0 Å². The van der Waals surface area contributed by atoms with Gasteiger partial charge in [-0.05, 0) is 29.1 Å². The Bertz CT molecular complexity index is 595. The molecule has 0 saturated heterocycles. The Balaban J connectivity index is 1.91. The van der Waals surface area contributed by atoms with Crippen molar-refractivity contribution in [3.63, 3.8) is 0 Å². The monoisotopic (exact) mass is 292 g/mol. The Morgan fingerprint density at radius 2 is 2.16 bits per heavy atom. The van der Waals surface area contributed by atoms with Crippen molar-refractivity contribution < 1.29 is 9.84 Å². The number of benzene rings is 1. The van der Waals surface area contributed by atoms with E-state index >= 15 is 0 Å². The first kappa shape index (κ1) is 14.1. The minimum atomic E-state index is -0.126. The Morgan fingerprint density at radius 1 is 1.26 bits per heavy atom. The van der Waals surface area contributed by atoms with E-state index in [1.54, 1.807) is 11.3 Å². The molecule has 0 unspecified atom stereocenters. The van der Waals surface area contributed by atoms with E-state index in [4.69, 9.17) is 21.4 Å². The molecule has 0 amide bonds. The van der Waals surface area contributed by atoms with E-state index in [-0.39, 0.29) is 6.61 Å². The Labute approximate surface area is 121 Å². The van der Waals surface area contributed by atoms with Gasteiger partial charge in [0.2, 0.25) is 0 Å². The van der Waals surface area contributed by atoms with Crippen LogP contribution in [0.3, 0.4) is 0 Å². The molecule has 0 atom stereocenters. The summed E-state index contributed by atoms with van der Waals surface area (Å²) in [6.45, 7) is 0.906. The maximum Gasteiger partial charge on any atom is 0.104 e. The summed E-state index contributed by atoms with van der Waals surface area (Å²) < 4.78 is 5.66. The van der Waals surface area contributed by atoms with Crippen LogP contribution in [0.4, 0.5) is 0 Å². The van der Waals surface area contributed by atoms with E-state index < -0.39 is 0 Å². The van der Waals surface area contributed by atoms with Crippen molar-refractivity contribution in [1.82, 2.24) is 0 Å². The molecule has 2 nitrogen and oxygen atoms in total. The molecule has 2 aromatic rings. The van der Waals surface area contributed by atoms with Crippen LogP contribution < -0.4 is 0 Å². The summed E-state index contributed by atoms with van der Waals surface area (Å²) in [7, 11) is 0. The number of halogens is 1. The van der Waals surface area contributed by atoms with Crippen molar-refractivity contribution in [2.24, 2.45) is 0 Å². The first-order valence-electron chi connectivity index (χ1n) is 5.78. The number of thiophene rings is 1. The fraction of sp³-hybridized carbons (Fsp3) is 0.200. The topological polar surface area (TPSA) is 29.5 Å². The highest BCUT2D eigenvalue weighted by atomic mass is 35.5. The van der Waals surface area contributed by atoms with Crippen LogP contribution in [0.1, 0.15) is 16.0 Å². The van der Waals surface area contributed by atoms with Crippen LogP contribution in [0, 0.1) is 11.8 Å². The molecule has 98 valence electrons. The summed E-state index contributed by atoms with van der Waals surface area (Å²) in [6, 6.07) is 9.55. The molecule has 1 aromatic heterocycles. The lowest BCUT2D eigenvalue weighted by molar-refractivity contribution is 0.109. The highest BCUT2D eigenvalue weighted by Crippen LogP contribution is 2.18. The van der Waals surface area contributed by atoms with Gasteiger partial charge in [0.15, 0.2) is 0 Å². The summed E-state index contributed by atoms with van der Waals surface area (Å²) in [5.41, 5.74) is 1.97. The van der Waals surface area contributed by atoms with Gasteiger partial charge in [-0.25, -0.2) is 0 Å². The fourth-order valence-corrected chi connectivity index (χ4v) is 2.57. The maximum atomic E-state index is 8.69. The van der Waals surface area contributed by atoms with Gasteiger partial charge in [0.25, 0.3) is 0 Å². The summed E-state index contributed by atoms with van der Waals surface area (Å²) in [5, 5.41) is 11.4. The van der Waals surface area contributed by atoms with Gasteiger partial charge in [-0.1, -0.05) is 35.6 Å². The van der Waals surface area contributed by atoms with Gasteiger partial charge in [-0.15, -0.1) is 11.3 Å². The fourth-order valence-electron chi connectivity index (χ4n) is 1.59. The van der Waals surface area contributed by atoms with Gasteiger partial charge < -0.3 is 9.84 Å².